The fourth-order valence-electron chi connectivity index (χ4n) is 4.02. The summed E-state index contributed by atoms with van der Waals surface area (Å²) in [6, 6.07) is 16.6. The Labute approximate surface area is 166 Å². The molecule has 1 fully saturated rings. The highest BCUT2D eigenvalue weighted by molar-refractivity contribution is 5.78. The number of carbonyl (C=O) groups is 1. The Bertz CT molecular complexity index is 809. The number of fused-ring (bicyclic) bond motifs is 1. The summed E-state index contributed by atoms with van der Waals surface area (Å²) in [7, 11) is 1.88. The van der Waals surface area contributed by atoms with E-state index in [2.05, 4.69) is 29.2 Å². The van der Waals surface area contributed by atoms with Gasteiger partial charge in [-0.15, -0.1) is 0 Å². The molecule has 4 rings (SSSR count). The lowest BCUT2D eigenvalue weighted by Crippen LogP contribution is -2.37. The topological polar surface area (TPSA) is 42.0 Å². The van der Waals surface area contributed by atoms with E-state index in [9.17, 15) is 4.79 Å². The molecule has 1 unspecified atom stereocenters. The van der Waals surface area contributed by atoms with E-state index in [4.69, 9.17) is 9.47 Å². The smallest absolute Gasteiger partial charge is 0.236 e. The highest BCUT2D eigenvalue weighted by Gasteiger charge is 2.29. The third kappa shape index (κ3) is 4.30. The van der Waals surface area contributed by atoms with E-state index in [1.54, 1.807) is 0 Å². The molecule has 2 aliphatic rings. The minimum absolute atomic E-state index is 0.157. The van der Waals surface area contributed by atoms with E-state index >= 15 is 0 Å². The molecule has 1 amide bonds. The van der Waals surface area contributed by atoms with Crippen LogP contribution < -0.4 is 9.47 Å². The molecule has 0 N–H and O–H groups in total. The van der Waals surface area contributed by atoms with Gasteiger partial charge in [0.05, 0.1) is 19.8 Å². The molecule has 1 atom stereocenters. The molecule has 5 nitrogen and oxygen atoms in total. The van der Waals surface area contributed by atoms with E-state index in [1.165, 1.54) is 5.56 Å². The Morgan fingerprint density at radius 3 is 2.68 bits per heavy atom. The predicted octanol–water partition coefficient (Wildman–Crippen LogP) is 3.64. The van der Waals surface area contributed by atoms with E-state index < -0.39 is 0 Å². The number of carbonyl (C=O) groups excluding carboxylic acids is 1. The summed E-state index contributed by atoms with van der Waals surface area (Å²) < 4.78 is 11.6. The monoisotopic (exact) mass is 380 g/mol. The maximum Gasteiger partial charge on any atom is 0.236 e. The summed E-state index contributed by atoms with van der Waals surface area (Å²) >= 11 is 0. The molecule has 2 heterocycles. The van der Waals surface area contributed by atoms with Gasteiger partial charge in [-0.3, -0.25) is 9.69 Å². The van der Waals surface area contributed by atoms with Crippen LogP contribution in [0.1, 0.15) is 36.4 Å². The molecule has 0 saturated carbocycles. The molecular formula is C23H28N2O3. The Kier molecular flexibility index (Phi) is 5.81. The zero-order valence-electron chi connectivity index (χ0n) is 16.5. The number of hydrogen-bond acceptors (Lipinski definition) is 4. The number of amides is 1. The molecule has 0 radical (unpaired) electrons. The average molecular weight is 380 g/mol. The first-order valence-corrected chi connectivity index (χ1v) is 10.1. The fourth-order valence-corrected chi connectivity index (χ4v) is 4.02. The number of hydrogen-bond donors (Lipinski definition) is 0. The Morgan fingerprint density at radius 2 is 1.86 bits per heavy atom. The highest BCUT2D eigenvalue weighted by atomic mass is 16.5. The van der Waals surface area contributed by atoms with Crippen LogP contribution in [0.2, 0.25) is 0 Å². The maximum atomic E-state index is 12.8. The van der Waals surface area contributed by atoms with E-state index in [-0.39, 0.29) is 11.9 Å². The van der Waals surface area contributed by atoms with Gasteiger partial charge < -0.3 is 14.4 Å². The van der Waals surface area contributed by atoms with Crippen molar-refractivity contribution in [1.82, 2.24) is 9.80 Å². The maximum absolute atomic E-state index is 12.8. The van der Waals surface area contributed by atoms with Crippen molar-refractivity contribution in [3.63, 3.8) is 0 Å². The summed E-state index contributed by atoms with van der Waals surface area (Å²) in [6.45, 7) is 3.42. The Balaban J connectivity index is 1.42. The minimum atomic E-state index is 0.157. The Hall–Kier alpha value is -2.53. The van der Waals surface area contributed by atoms with Gasteiger partial charge in [-0.05, 0) is 42.6 Å². The van der Waals surface area contributed by atoms with Crippen molar-refractivity contribution in [2.75, 3.05) is 33.4 Å². The SMILES string of the molecule is CN(Cc1ccccc1)C(=O)CN1CCCC1c1ccc2c(c1)OCCCO2. The third-order valence-corrected chi connectivity index (χ3v) is 5.55. The third-order valence-electron chi connectivity index (χ3n) is 5.55. The molecule has 0 aromatic heterocycles. The number of likely N-dealkylation sites (tertiary alicyclic amines) is 1. The minimum Gasteiger partial charge on any atom is -0.490 e. The second-order valence-corrected chi connectivity index (χ2v) is 7.62. The van der Waals surface area contributed by atoms with Gasteiger partial charge in [-0.25, -0.2) is 0 Å². The van der Waals surface area contributed by atoms with Crippen LogP contribution in [-0.4, -0.2) is 49.1 Å². The predicted molar refractivity (Wildman–Crippen MR) is 109 cm³/mol. The molecule has 2 aromatic carbocycles. The first-order chi connectivity index (χ1) is 13.7. The quantitative estimate of drug-likeness (QED) is 0.794. The van der Waals surface area contributed by atoms with Gasteiger partial charge >= 0.3 is 0 Å². The summed E-state index contributed by atoms with van der Waals surface area (Å²) in [5.41, 5.74) is 2.36. The van der Waals surface area contributed by atoms with Gasteiger partial charge in [0, 0.05) is 26.1 Å². The summed E-state index contributed by atoms with van der Waals surface area (Å²) in [5, 5.41) is 0. The average Bonchev–Trinajstić information content (AvgIpc) is 3.04. The fraction of sp³-hybridized carbons (Fsp3) is 0.435. The van der Waals surface area contributed by atoms with Crippen LogP contribution in [0.3, 0.4) is 0 Å². The molecular weight excluding hydrogens is 352 g/mol. The molecule has 2 aliphatic heterocycles. The largest absolute Gasteiger partial charge is 0.490 e. The van der Waals surface area contributed by atoms with Crippen LogP contribution in [0.4, 0.5) is 0 Å². The number of ether oxygens (including phenoxy) is 2. The van der Waals surface area contributed by atoms with Gasteiger partial charge in [0.15, 0.2) is 11.5 Å². The molecule has 5 heteroatoms. The molecule has 28 heavy (non-hydrogen) atoms. The first-order valence-electron chi connectivity index (χ1n) is 10.1. The second-order valence-electron chi connectivity index (χ2n) is 7.62. The van der Waals surface area contributed by atoms with Crippen molar-refractivity contribution in [2.24, 2.45) is 0 Å². The van der Waals surface area contributed by atoms with E-state index in [0.717, 1.165) is 42.9 Å². The van der Waals surface area contributed by atoms with Crippen LogP contribution in [0.15, 0.2) is 48.5 Å². The molecule has 0 bridgehead atoms. The normalized spacial score (nSPS) is 19.2. The van der Waals surface area contributed by atoms with Crippen LogP contribution in [0.25, 0.3) is 0 Å². The van der Waals surface area contributed by atoms with Crippen molar-refractivity contribution < 1.29 is 14.3 Å². The summed E-state index contributed by atoms with van der Waals surface area (Å²) in [5.74, 6) is 1.81. The van der Waals surface area contributed by atoms with E-state index in [0.29, 0.717) is 26.3 Å². The standard InChI is InChI=1S/C23H28N2O3/c1-24(16-18-7-3-2-4-8-18)23(26)17-25-12-5-9-20(25)19-10-11-21-22(15-19)28-14-6-13-27-21/h2-4,7-8,10-11,15,20H,5-6,9,12-14,16-17H2,1H3. The number of rotatable bonds is 5. The van der Waals surface area contributed by atoms with Gasteiger partial charge in [0.2, 0.25) is 5.91 Å². The lowest BCUT2D eigenvalue weighted by Gasteiger charge is -2.27. The molecule has 1 saturated heterocycles. The molecule has 148 valence electrons. The molecule has 0 spiro atoms. The lowest BCUT2D eigenvalue weighted by molar-refractivity contribution is -0.131. The van der Waals surface area contributed by atoms with Crippen LogP contribution in [-0.2, 0) is 11.3 Å². The van der Waals surface area contributed by atoms with Crippen molar-refractivity contribution in [3.05, 3.63) is 59.7 Å². The molecule has 0 aliphatic carbocycles. The zero-order chi connectivity index (χ0) is 19.3. The number of nitrogens with zero attached hydrogens (tertiary/aromatic N) is 2. The van der Waals surface area contributed by atoms with Crippen molar-refractivity contribution >= 4 is 5.91 Å². The Morgan fingerprint density at radius 1 is 1.07 bits per heavy atom. The number of benzene rings is 2. The number of likely N-dealkylation sites (N-methyl/N-ethyl adjacent to an activating group) is 1. The summed E-state index contributed by atoms with van der Waals surface area (Å²) in [6.07, 6.45) is 3.08. The van der Waals surface area contributed by atoms with Gasteiger partial charge in [-0.1, -0.05) is 36.4 Å². The first kappa shape index (κ1) is 18.8. The van der Waals surface area contributed by atoms with Crippen LogP contribution in [0.5, 0.6) is 11.5 Å². The van der Waals surface area contributed by atoms with Gasteiger partial charge in [0.25, 0.3) is 0 Å². The lowest BCUT2D eigenvalue weighted by atomic mass is 10.0. The van der Waals surface area contributed by atoms with Crippen LogP contribution >= 0.6 is 0 Å². The molecule has 2 aromatic rings. The van der Waals surface area contributed by atoms with Crippen molar-refractivity contribution in [2.45, 2.75) is 31.8 Å². The second kappa shape index (κ2) is 8.65. The van der Waals surface area contributed by atoms with Gasteiger partial charge in [0.1, 0.15) is 0 Å². The van der Waals surface area contributed by atoms with Crippen molar-refractivity contribution in [3.8, 4) is 11.5 Å². The van der Waals surface area contributed by atoms with Crippen molar-refractivity contribution in [1.29, 1.82) is 0 Å². The van der Waals surface area contributed by atoms with Crippen LogP contribution in [0, 0.1) is 0 Å². The zero-order valence-corrected chi connectivity index (χ0v) is 16.5. The highest BCUT2D eigenvalue weighted by Crippen LogP contribution is 2.37. The summed E-state index contributed by atoms with van der Waals surface area (Å²) in [4.78, 5) is 16.9. The van der Waals surface area contributed by atoms with E-state index in [1.807, 2.05) is 36.2 Å². The van der Waals surface area contributed by atoms with Gasteiger partial charge in [-0.2, -0.15) is 0 Å².